The molecule has 50 heavy (non-hydrogen) atoms. The van der Waals surface area contributed by atoms with Crippen LogP contribution in [0, 0.1) is 0 Å². The van der Waals surface area contributed by atoms with E-state index in [4.69, 9.17) is 0 Å². The zero-order chi connectivity index (χ0) is 33.6. The molecule has 0 atom stereocenters. The van der Waals surface area contributed by atoms with Crippen molar-refractivity contribution in [2.75, 3.05) is 0 Å². The Morgan fingerprint density at radius 1 is 0.520 bits per heavy atom. The van der Waals surface area contributed by atoms with Crippen molar-refractivity contribution in [3.8, 4) is 5.75 Å². The van der Waals surface area contributed by atoms with Gasteiger partial charge in [0.05, 0.1) is 43.0 Å². The van der Waals surface area contributed by atoms with Crippen molar-refractivity contribution in [3.05, 3.63) is 84.4 Å². The third-order valence-electron chi connectivity index (χ3n) is 6.42. The first-order chi connectivity index (χ1) is 21.4. The zero-order valence-corrected chi connectivity index (χ0v) is 36.9. The van der Waals surface area contributed by atoms with Gasteiger partial charge >= 0.3 is 124 Å². The molecule has 0 aliphatic heterocycles. The molecule has 0 radical (unpaired) electrons. The van der Waals surface area contributed by atoms with Crippen LogP contribution in [0.15, 0.2) is 114 Å². The van der Waals surface area contributed by atoms with Crippen molar-refractivity contribution < 1.29 is 172 Å². The van der Waals surface area contributed by atoms with Gasteiger partial charge in [-0.05, 0) is 66.0 Å². The Morgan fingerprint density at radius 2 is 1.00 bits per heavy atom. The van der Waals surface area contributed by atoms with E-state index in [9.17, 15) is 53.9 Å². The van der Waals surface area contributed by atoms with E-state index >= 15 is 0 Å². The number of carbonyl (C=O) groups is 1. The van der Waals surface area contributed by atoms with Gasteiger partial charge in [0.2, 0.25) is 0 Å². The van der Waals surface area contributed by atoms with Crippen molar-refractivity contribution in [2.24, 2.45) is 20.5 Å². The monoisotopic (exact) mass is 774 g/mol. The minimum Gasteiger partial charge on any atom is -0.872 e. The maximum atomic E-state index is 11.8. The molecule has 0 amide bonds. The molecule has 5 aromatic carbocycles. The van der Waals surface area contributed by atoms with Crippen LogP contribution in [0.4, 0.5) is 22.7 Å². The molecule has 0 aromatic heterocycles. The first-order valence-corrected chi connectivity index (χ1v) is 16.5. The van der Waals surface area contributed by atoms with E-state index < -0.39 is 62.3 Å². The van der Waals surface area contributed by atoms with Crippen molar-refractivity contribution in [1.29, 1.82) is 0 Å². The fraction of sp³-hybridized carbons (Fsp3) is 0. The number of nitrogens with zero attached hydrogens (tertiary/aromatic N) is 4. The molecule has 0 unspecified atom stereocenters. The molecule has 0 fully saturated rings. The molecule has 0 bridgehead atoms. The van der Waals surface area contributed by atoms with Crippen LogP contribution >= 0.6 is 0 Å². The summed E-state index contributed by atoms with van der Waals surface area (Å²) in [7, 11) is -15.0. The average molecular weight is 775 g/mol. The summed E-state index contributed by atoms with van der Waals surface area (Å²) in [6.07, 6.45) is 0. The number of aromatic carboxylic acids is 1. The molecular formula is C27H14N4Na4O12S3. The molecule has 0 saturated heterocycles. The van der Waals surface area contributed by atoms with Gasteiger partial charge in [0, 0.05) is 16.2 Å². The number of rotatable bonds is 8. The molecule has 23 heteroatoms. The zero-order valence-electron chi connectivity index (χ0n) is 26.5. The number of benzene rings is 5. The number of fused-ring (bicyclic) bond motifs is 2. The number of hydrogen-bond acceptors (Lipinski definition) is 15. The number of hydrogen-bond donors (Lipinski definition) is 1. The van der Waals surface area contributed by atoms with E-state index in [0.717, 1.165) is 54.6 Å². The van der Waals surface area contributed by atoms with Gasteiger partial charge in [0.1, 0.15) is 30.4 Å². The van der Waals surface area contributed by atoms with Crippen molar-refractivity contribution in [3.63, 3.8) is 0 Å². The molecule has 0 saturated carbocycles. The smallest absolute Gasteiger partial charge is 0.872 e. The first-order valence-electron chi connectivity index (χ1n) is 12.3. The van der Waals surface area contributed by atoms with Gasteiger partial charge in [0.25, 0.3) is 0 Å². The summed E-state index contributed by atoms with van der Waals surface area (Å²) in [5, 5.41) is 37.1. The van der Waals surface area contributed by atoms with Crippen LogP contribution in [0.1, 0.15) is 10.4 Å². The molecule has 16 nitrogen and oxygen atoms in total. The maximum Gasteiger partial charge on any atom is 1.00 e. The predicted octanol–water partition coefficient (Wildman–Crippen LogP) is -7.68. The Labute approximate surface area is 372 Å². The van der Waals surface area contributed by atoms with Gasteiger partial charge < -0.3 is 23.9 Å². The Hall–Kier alpha value is -1.18. The van der Waals surface area contributed by atoms with Crippen LogP contribution in [-0.4, -0.2) is 50.0 Å². The molecule has 0 spiro atoms. The van der Waals surface area contributed by atoms with Gasteiger partial charge in [0.15, 0.2) is 0 Å². The summed E-state index contributed by atoms with van der Waals surface area (Å²) in [6.45, 7) is 0. The Balaban J connectivity index is 0.00000312. The summed E-state index contributed by atoms with van der Waals surface area (Å²) in [5.74, 6) is -2.26. The van der Waals surface area contributed by atoms with Gasteiger partial charge in [-0.15, -0.1) is 15.3 Å². The number of carboxylic acids is 1. The van der Waals surface area contributed by atoms with E-state index in [0.29, 0.717) is 0 Å². The molecule has 0 aliphatic rings. The standard InChI is InChI=1S/C27H18N4O12S3.4Na/c32-26-8-1-15(11-22(26)27(33)34)28-29-24-7-6-23(20-5-3-17(12-21(20)24)45(38,39)40)30-31-25-13-18(46(41,42)43)10-14-9-16(44(35,36)37)2-4-19(14)25;;;;/h1-13,32H,(H,33,34)(H,35,36,37)(H,38,39,40)(H,41,42,43);;;;/q;4*+1/p-4. The third kappa shape index (κ3) is 10.9. The molecule has 0 heterocycles. The van der Waals surface area contributed by atoms with Crippen molar-refractivity contribution in [1.82, 2.24) is 0 Å². The summed E-state index contributed by atoms with van der Waals surface area (Å²) < 4.78 is 105. The average Bonchev–Trinajstić information content (AvgIpc) is 2.97. The molecule has 236 valence electrons. The van der Waals surface area contributed by atoms with Gasteiger partial charge in [-0.1, -0.05) is 23.9 Å². The topological polar surface area (TPSA) is 281 Å². The van der Waals surface area contributed by atoms with E-state index in [-0.39, 0.29) is 163 Å². The second kappa shape index (κ2) is 18.2. The fourth-order valence-electron chi connectivity index (χ4n) is 4.28. The van der Waals surface area contributed by atoms with Crippen LogP contribution in [0.25, 0.3) is 21.5 Å². The van der Waals surface area contributed by atoms with E-state index in [1.54, 1.807) is 0 Å². The molecule has 5 aromatic rings. The normalized spacial score (nSPS) is 11.8. The number of carboxylic acid groups (broad SMARTS) is 1. The van der Waals surface area contributed by atoms with Gasteiger partial charge in [-0.2, -0.15) is 5.11 Å². The summed E-state index contributed by atoms with van der Waals surface area (Å²) in [4.78, 5) is 9.17. The third-order valence-corrected chi connectivity index (χ3v) is 8.89. The minimum absolute atomic E-state index is 0. The predicted molar refractivity (Wildman–Crippen MR) is 153 cm³/mol. The number of azo groups is 2. The molecular weight excluding hydrogens is 760 g/mol. The molecule has 0 aliphatic carbocycles. The van der Waals surface area contributed by atoms with Crippen LogP contribution in [-0.2, 0) is 30.4 Å². The molecule has 5 rings (SSSR count). The second-order valence-corrected chi connectivity index (χ2v) is 13.5. The Bertz CT molecular complexity index is 2510. The summed E-state index contributed by atoms with van der Waals surface area (Å²) >= 11 is 0. The summed E-state index contributed by atoms with van der Waals surface area (Å²) in [6, 6.07) is 13.7. The van der Waals surface area contributed by atoms with Crippen LogP contribution < -0.4 is 123 Å². The van der Waals surface area contributed by atoms with Crippen LogP contribution in [0.2, 0.25) is 0 Å². The van der Waals surface area contributed by atoms with E-state index in [1.807, 2.05) is 0 Å². The Kier molecular flexibility index (Phi) is 17.1. The van der Waals surface area contributed by atoms with Crippen molar-refractivity contribution in [2.45, 2.75) is 14.7 Å². The van der Waals surface area contributed by atoms with Crippen molar-refractivity contribution >= 4 is 80.6 Å². The van der Waals surface area contributed by atoms with Crippen LogP contribution in [0.5, 0.6) is 5.75 Å². The maximum absolute atomic E-state index is 11.8. The van der Waals surface area contributed by atoms with E-state index in [1.165, 1.54) is 24.3 Å². The largest absolute Gasteiger partial charge is 1.00 e. The van der Waals surface area contributed by atoms with E-state index in [2.05, 4.69) is 20.5 Å². The fourth-order valence-corrected chi connectivity index (χ4v) is 5.81. The SMILES string of the molecule is O=C(O)c1cc(N=Nc2ccc(N=Nc3cc(S(=O)(=O)[O-])cc4cc(S(=O)(=O)[O-])ccc34)c3ccc(S(=O)(=O)[O-])cc23)ccc1[O-].[Na+].[Na+].[Na+].[Na+]. The minimum atomic E-state index is -5.08. The van der Waals surface area contributed by atoms with Gasteiger partial charge in [-0.3, -0.25) is 0 Å². The quantitative estimate of drug-likeness (QED) is 0.0875. The molecule has 1 N–H and O–H groups in total. The summed E-state index contributed by atoms with van der Waals surface area (Å²) in [5.41, 5.74) is -0.805. The van der Waals surface area contributed by atoms with Crippen LogP contribution in [0.3, 0.4) is 0 Å². The van der Waals surface area contributed by atoms with Gasteiger partial charge in [-0.25, -0.2) is 30.0 Å². The first kappa shape index (κ1) is 46.8. The second-order valence-electron chi connectivity index (χ2n) is 9.38. The Morgan fingerprint density at radius 3 is 1.56 bits per heavy atom.